The van der Waals surface area contributed by atoms with Gasteiger partial charge in [0.1, 0.15) is 0 Å². The largest absolute Gasteiger partial charge is 0.134 e. The number of rotatable bonds is 2. The van der Waals surface area contributed by atoms with Crippen LogP contribution in [0, 0.1) is 5.92 Å². The van der Waals surface area contributed by atoms with E-state index >= 15 is 0 Å². The third-order valence-electron chi connectivity index (χ3n) is 1.33. The van der Waals surface area contributed by atoms with Crippen LogP contribution in [0.4, 0.5) is 0 Å². The van der Waals surface area contributed by atoms with Gasteiger partial charge in [-0.2, -0.15) is 0 Å². The van der Waals surface area contributed by atoms with Gasteiger partial charge in [0, 0.05) is 0 Å². The van der Waals surface area contributed by atoms with Gasteiger partial charge in [0.2, 0.25) is 0 Å². The zero-order valence-corrected chi connectivity index (χ0v) is 6.59. The fourth-order valence-electron chi connectivity index (χ4n) is 0.471. The normalized spacial score (nSPS) is 15.0. The van der Waals surface area contributed by atoms with Crippen molar-refractivity contribution < 1.29 is 0 Å². The second-order valence-electron chi connectivity index (χ2n) is 2.32. The van der Waals surface area contributed by atoms with Crippen LogP contribution in [0.5, 0.6) is 0 Å². The Kier molecular flexibility index (Phi) is 3.65. The molecule has 0 amide bonds. The van der Waals surface area contributed by atoms with Crippen molar-refractivity contribution in [1.29, 1.82) is 0 Å². The van der Waals surface area contributed by atoms with Crippen LogP contribution in [-0.4, -0.2) is 5.66 Å². The second kappa shape index (κ2) is 3.43. The minimum Gasteiger partial charge on any atom is -0.134 e. The van der Waals surface area contributed by atoms with Gasteiger partial charge in [-0.25, -0.2) is 0 Å². The van der Waals surface area contributed by atoms with Crippen LogP contribution in [0.15, 0.2) is 0 Å². The van der Waals surface area contributed by atoms with Gasteiger partial charge in [0.25, 0.3) is 0 Å². The Morgan fingerprint density at radius 3 is 1.86 bits per heavy atom. The minimum absolute atomic E-state index is 0.819. The number of hydrogen-bond donors (Lipinski definition) is 0. The van der Waals surface area contributed by atoms with Crippen LogP contribution in [0.25, 0.3) is 0 Å². The van der Waals surface area contributed by atoms with Crippen molar-refractivity contribution in [3.8, 4) is 0 Å². The van der Waals surface area contributed by atoms with Crippen LogP contribution in [0.1, 0.15) is 27.2 Å². The van der Waals surface area contributed by atoms with E-state index in [9.17, 15) is 0 Å². The van der Waals surface area contributed by atoms with Crippen molar-refractivity contribution in [1.82, 2.24) is 0 Å². The van der Waals surface area contributed by atoms with Gasteiger partial charge >= 0.3 is 0 Å². The Morgan fingerprint density at radius 1 is 1.43 bits per heavy atom. The van der Waals surface area contributed by atoms with Gasteiger partial charge in [-0.05, 0) is 18.0 Å². The van der Waals surface area contributed by atoms with Crippen molar-refractivity contribution in [2.75, 3.05) is 0 Å². The van der Waals surface area contributed by atoms with E-state index in [2.05, 4.69) is 30.0 Å². The molecular weight excluding hydrogens is 103 g/mol. The average molecular weight is 118 g/mol. The topological polar surface area (TPSA) is 0 Å². The van der Waals surface area contributed by atoms with Crippen molar-refractivity contribution >= 4 is 9.24 Å². The Labute approximate surface area is 48.9 Å². The summed E-state index contributed by atoms with van der Waals surface area (Å²) in [5.41, 5.74) is 0.819. The third kappa shape index (κ3) is 3.05. The third-order valence-corrected chi connectivity index (χ3v) is 2.57. The smallest absolute Gasteiger partial charge is 0.0244 e. The molecule has 0 heterocycles. The summed E-state index contributed by atoms with van der Waals surface area (Å²) in [5, 5.41) is 0. The lowest BCUT2D eigenvalue weighted by atomic mass is 10.1. The molecule has 0 rings (SSSR count). The molecular formula is C6H15P. The molecule has 0 aromatic heterocycles. The lowest BCUT2D eigenvalue weighted by molar-refractivity contribution is 0.593. The summed E-state index contributed by atoms with van der Waals surface area (Å²) < 4.78 is 0. The van der Waals surface area contributed by atoms with Gasteiger partial charge in [-0.15, -0.1) is 9.24 Å². The van der Waals surface area contributed by atoms with Gasteiger partial charge < -0.3 is 0 Å². The maximum atomic E-state index is 2.85. The van der Waals surface area contributed by atoms with E-state index in [1.807, 2.05) is 0 Å². The fourth-order valence-corrected chi connectivity index (χ4v) is 0.471. The highest BCUT2D eigenvalue weighted by Gasteiger charge is 2.01. The highest BCUT2D eigenvalue weighted by Crippen LogP contribution is 2.14. The molecule has 0 fully saturated rings. The predicted molar refractivity (Wildman–Crippen MR) is 38.6 cm³/mol. The standard InChI is InChI=1S/C6H15P/c1-4-6(7)5(2)3/h5-6H,4,7H2,1-3H3. The molecule has 0 bridgehead atoms. The lowest BCUT2D eigenvalue weighted by Gasteiger charge is -2.10. The molecule has 0 aromatic rings. The molecule has 0 saturated heterocycles. The van der Waals surface area contributed by atoms with Crippen LogP contribution in [-0.2, 0) is 0 Å². The van der Waals surface area contributed by atoms with Crippen molar-refractivity contribution in [2.45, 2.75) is 32.9 Å². The van der Waals surface area contributed by atoms with E-state index in [4.69, 9.17) is 0 Å². The monoisotopic (exact) mass is 118 g/mol. The van der Waals surface area contributed by atoms with Crippen LogP contribution < -0.4 is 0 Å². The summed E-state index contributed by atoms with van der Waals surface area (Å²) in [5.74, 6) is 0.829. The summed E-state index contributed by atoms with van der Waals surface area (Å²) in [6.07, 6.45) is 1.28. The Balaban J connectivity index is 3.14. The molecule has 2 unspecified atom stereocenters. The summed E-state index contributed by atoms with van der Waals surface area (Å²) in [7, 11) is 2.85. The first-order chi connectivity index (χ1) is 3.18. The zero-order chi connectivity index (χ0) is 5.86. The molecule has 0 nitrogen and oxygen atoms in total. The van der Waals surface area contributed by atoms with Gasteiger partial charge in [-0.1, -0.05) is 20.8 Å². The van der Waals surface area contributed by atoms with Crippen molar-refractivity contribution in [3.05, 3.63) is 0 Å². The Hall–Kier alpha value is 0.430. The van der Waals surface area contributed by atoms with E-state index in [1.54, 1.807) is 0 Å². The van der Waals surface area contributed by atoms with Crippen molar-refractivity contribution in [3.63, 3.8) is 0 Å². The first kappa shape index (κ1) is 7.43. The second-order valence-corrected chi connectivity index (χ2v) is 3.17. The summed E-state index contributed by atoms with van der Waals surface area (Å²) in [6.45, 7) is 6.72. The molecule has 0 aliphatic carbocycles. The van der Waals surface area contributed by atoms with Gasteiger partial charge in [-0.3, -0.25) is 0 Å². The molecule has 44 valence electrons. The van der Waals surface area contributed by atoms with E-state index in [-0.39, 0.29) is 0 Å². The molecule has 0 N–H and O–H groups in total. The lowest BCUT2D eigenvalue weighted by Crippen LogP contribution is -2.03. The quantitative estimate of drug-likeness (QED) is 0.488. The van der Waals surface area contributed by atoms with Crippen LogP contribution in [0.2, 0.25) is 0 Å². The van der Waals surface area contributed by atoms with E-state index in [0.717, 1.165) is 11.6 Å². The summed E-state index contributed by atoms with van der Waals surface area (Å²) in [6, 6.07) is 0. The fraction of sp³-hybridized carbons (Fsp3) is 1.00. The predicted octanol–water partition coefficient (Wildman–Crippen LogP) is 2.30. The van der Waals surface area contributed by atoms with Crippen LogP contribution >= 0.6 is 9.24 Å². The van der Waals surface area contributed by atoms with E-state index < -0.39 is 0 Å². The molecule has 0 spiro atoms. The van der Waals surface area contributed by atoms with E-state index in [1.165, 1.54) is 6.42 Å². The molecule has 2 atom stereocenters. The highest BCUT2D eigenvalue weighted by atomic mass is 31.0. The number of hydrogen-bond acceptors (Lipinski definition) is 0. The Morgan fingerprint density at radius 2 is 1.86 bits per heavy atom. The van der Waals surface area contributed by atoms with Crippen LogP contribution in [0.3, 0.4) is 0 Å². The first-order valence-electron chi connectivity index (χ1n) is 2.94. The van der Waals surface area contributed by atoms with E-state index in [0.29, 0.717) is 0 Å². The zero-order valence-electron chi connectivity index (χ0n) is 5.44. The van der Waals surface area contributed by atoms with Crippen molar-refractivity contribution in [2.24, 2.45) is 5.92 Å². The maximum Gasteiger partial charge on any atom is -0.0244 e. The maximum absolute atomic E-state index is 2.85. The molecule has 0 aromatic carbocycles. The summed E-state index contributed by atoms with van der Waals surface area (Å²) >= 11 is 0. The SMILES string of the molecule is CCC(P)C(C)C. The average Bonchev–Trinajstić information content (AvgIpc) is 1.65. The minimum atomic E-state index is 0.819. The molecule has 0 radical (unpaired) electrons. The first-order valence-corrected chi connectivity index (χ1v) is 3.60. The molecule has 7 heavy (non-hydrogen) atoms. The van der Waals surface area contributed by atoms with Gasteiger partial charge in [0.15, 0.2) is 0 Å². The molecule has 0 saturated carbocycles. The molecule has 0 aliphatic rings. The molecule has 0 aliphatic heterocycles. The molecule has 1 heteroatoms. The Bertz CT molecular complexity index is 41.4. The highest BCUT2D eigenvalue weighted by molar-refractivity contribution is 7.17. The summed E-state index contributed by atoms with van der Waals surface area (Å²) in [4.78, 5) is 0. The van der Waals surface area contributed by atoms with Gasteiger partial charge in [0.05, 0.1) is 0 Å².